The number of rotatable bonds is 4. The lowest BCUT2D eigenvalue weighted by Gasteiger charge is -2.16. The highest BCUT2D eigenvalue weighted by molar-refractivity contribution is 5.86. The molecule has 5 heteroatoms. The van der Waals surface area contributed by atoms with Gasteiger partial charge in [0.05, 0.1) is 16.9 Å². The first-order valence-electron chi connectivity index (χ1n) is 5.43. The van der Waals surface area contributed by atoms with E-state index in [1.807, 2.05) is 13.0 Å². The van der Waals surface area contributed by atoms with Crippen LogP contribution in [0.25, 0.3) is 0 Å². The molecule has 0 fully saturated rings. The Morgan fingerprint density at radius 2 is 2.29 bits per heavy atom. The minimum atomic E-state index is -0.397. The first-order chi connectivity index (χ1) is 8.10. The second kappa shape index (κ2) is 5.75. The quantitative estimate of drug-likeness (QED) is 0.677. The Morgan fingerprint density at radius 3 is 2.88 bits per heavy atom. The van der Waals surface area contributed by atoms with Crippen LogP contribution in [-0.2, 0) is 4.79 Å². The van der Waals surface area contributed by atoms with Gasteiger partial charge < -0.3 is 16.4 Å². The Kier molecular flexibility index (Phi) is 4.35. The predicted molar refractivity (Wildman–Crippen MR) is 67.3 cm³/mol. The molecule has 1 aromatic carbocycles. The fraction of sp³-hybridized carbons (Fsp3) is 0.333. The molecule has 0 spiro atoms. The van der Waals surface area contributed by atoms with Crippen LogP contribution in [0.3, 0.4) is 0 Å². The first-order valence-corrected chi connectivity index (χ1v) is 5.43. The van der Waals surface area contributed by atoms with Crippen LogP contribution >= 0.6 is 0 Å². The van der Waals surface area contributed by atoms with Crippen molar-refractivity contribution in [3.05, 3.63) is 23.8 Å². The third-order valence-corrected chi connectivity index (χ3v) is 2.34. The van der Waals surface area contributed by atoms with Gasteiger partial charge in [0.25, 0.3) is 0 Å². The van der Waals surface area contributed by atoms with Crippen LogP contribution in [0.15, 0.2) is 18.2 Å². The second-order valence-corrected chi connectivity index (χ2v) is 3.64. The summed E-state index contributed by atoms with van der Waals surface area (Å²) in [4.78, 5) is 11.5. The molecule has 1 atom stereocenters. The van der Waals surface area contributed by atoms with E-state index < -0.39 is 6.04 Å². The average Bonchev–Trinajstić information content (AvgIpc) is 2.32. The van der Waals surface area contributed by atoms with E-state index in [9.17, 15) is 4.79 Å². The number of nitrogen functional groups attached to an aromatic ring is 1. The molecule has 0 aliphatic carbocycles. The summed E-state index contributed by atoms with van der Waals surface area (Å²) in [5.74, 6) is -0.103. The van der Waals surface area contributed by atoms with Crippen molar-refractivity contribution in [3.63, 3.8) is 0 Å². The summed E-state index contributed by atoms with van der Waals surface area (Å²) in [5, 5.41) is 14.5. The largest absolute Gasteiger partial charge is 0.396 e. The highest BCUT2D eigenvalue weighted by atomic mass is 16.2. The van der Waals surface area contributed by atoms with Crippen molar-refractivity contribution in [1.82, 2.24) is 5.32 Å². The van der Waals surface area contributed by atoms with E-state index in [2.05, 4.69) is 10.6 Å². The molecule has 1 unspecified atom stereocenters. The maximum absolute atomic E-state index is 11.5. The average molecular weight is 232 g/mol. The lowest BCUT2D eigenvalue weighted by Crippen LogP contribution is -2.37. The molecule has 0 aliphatic heterocycles. The zero-order chi connectivity index (χ0) is 12.8. The summed E-state index contributed by atoms with van der Waals surface area (Å²) in [6, 6.07) is 6.70. The number of carbonyl (C=O) groups excluding carboxylic acids is 1. The van der Waals surface area contributed by atoms with E-state index in [1.54, 1.807) is 25.1 Å². The number of para-hydroxylation sites is 1. The third-order valence-electron chi connectivity index (χ3n) is 2.34. The van der Waals surface area contributed by atoms with Crippen LogP contribution in [0, 0.1) is 11.3 Å². The minimum absolute atomic E-state index is 0.103. The molecule has 90 valence electrons. The molecule has 0 radical (unpaired) electrons. The Labute approximate surface area is 101 Å². The standard InChI is InChI=1S/C12H16N4O/c1-3-15-12(17)8(2)16-10-6-4-5-9(7-13)11(10)14/h4-6,8,16H,3,14H2,1-2H3,(H,15,17). The number of anilines is 2. The van der Waals surface area contributed by atoms with Gasteiger partial charge in [-0.05, 0) is 26.0 Å². The van der Waals surface area contributed by atoms with Gasteiger partial charge in [0, 0.05) is 6.54 Å². The van der Waals surface area contributed by atoms with E-state index in [0.29, 0.717) is 23.5 Å². The summed E-state index contributed by atoms with van der Waals surface area (Å²) >= 11 is 0. The SMILES string of the molecule is CCNC(=O)C(C)Nc1cccc(C#N)c1N. The molecule has 0 saturated heterocycles. The van der Waals surface area contributed by atoms with Crippen molar-refractivity contribution in [2.75, 3.05) is 17.6 Å². The molecule has 0 aliphatic rings. The molecule has 1 amide bonds. The Morgan fingerprint density at radius 1 is 1.59 bits per heavy atom. The van der Waals surface area contributed by atoms with Crippen LogP contribution in [-0.4, -0.2) is 18.5 Å². The van der Waals surface area contributed by atoms with Gasteiger partial charge in [0.1, 0.15) is 12.1 Å². The highest BCUT2D eigenvalue weighted by Crippen LogP contribution is 2.22. The molecule has 0 aromatic heterocycles. The summed E-state index contributed by atoms with van der Waals surface area (Å²) < 4.78 is 0. The van der Waals surface area contributed by atoms with E-state index in [4.69, 9.17) is 11.0 Å². The lowest BCUT2D eigenvalue weighted by molar-refractivity contribution is -0.121. The first kappa shape index (κ1) is 12.8. The summed E-state index contributed by atoms with van der Waals surface area (Å²) in [6.07, 6.45) is 0. The molecule has 1 rings (SSSR count). The van der Waals surface area contributed by atoms with Gasteiger partial charge in [0.2, 0.25) is 5.91 Å². The van der Waals surface area contributed by atoms with Crippen molar-refractivity contribution < 1.29 is 4.79 Å². The summed E-state index contributed by atoms with van der Waals surface area (Å²) in [7, 11) is 0. The van der Waals surface area contributed by atoms with Gasteiger partial charge in [-0.3, -0.25) is 4.79 Å². The van der Waals surface area contributed by atoms with Crippen LogP contribution in [0.1, 0.15) is 19.4 Å². The monoisotopic (exact) mass is 232 g/mol. The highest BCUT2D eigenvalue weighted by Gasteiger charge is 2.13. The fourth-order valence-electron chi connectivity index (χ4n) is 1.41. The normalized spacial score (nSPS) is 11.4. The minimum Gasteiger partial charge on any atom is -0.396 e. The maximum atomic E-state index is 11.5. The number of nitrogens with zero attached hydrogens (tertiary/aromatic N) is 1. The van der Waals surface area contributed by atoms with Crippen molar-refractivity contribution in [2.45, 2.75) is 19.9 Å². The van der Waals surface area contributed by atoms with Gasteiger partial charge in [-0.25, -0.2) is 0 Å². The van der Waals surface area contributed by atoms with Gasteiger partial charge >= 0.3 is 0 Å². The van der Waals surface area contributed by atoms with Crippen LogP contribution < -0.4 is 16.4 Å². The lowest BCUT2D eigenvalue weighted by atomic mass is 10.1. The van der Waals surface area contributed by atoms with E-state index >= 15 is 0 Å². The molecule has 17 heavy (non-hydrogen) atoms. The van der Waals surface area contributed by atoms with E-state index in [1.165, 1.54) is 0 Å². The summed E-state index contributed by atoms with van der Waals surface area (Å²) in [5.41, 5.74) is 7.17. The molecule has 0 saturated carbocycles. The molecule has 4 N–H and O–H groups in total. The Balaban J connectivity index is 2.82. The van der Waals surface area contributed by atoms with Crippen molar-refractivity contribution in [3.8, 4) is 6.07 Å². The van der Waals surface area contributed by atoms with Crippen molar-refractivity contribution in [1.29, 1.82) is 5.26 Å². The number of hydrogen-bond donors (Lipinski definition) is 3. The van der Waals surface area contributed by atoms with Gasteiger partial charge in [-0.2, -0.15) is 5.26 Å². The van der Waals surface area contributed by atoms with Gasteiger partial charge in [0.15, 0.2) is 0 Å². The number of nitriles is 1. The van der Waals surface area contributed by atoms with Crippen molar-refractivity contribution in [2.24, 2.45) is 0 Å². The number of benzene rings is 1. The molecule has 0 heterocycles. The second-order valence-electron chi connectivity index (χ2n) is 3.64. The smallest absolute Gasteiger partial charge is 0.242 e. The topological polar surface area (TPSA) is 90.9 Å². The zero-order valence-corrected chi connectivity index (χ0v) is 9.95. The fourth-order valence-corrected chi connectivity index (χ4v) is 1.41. The Hall–Kier alpha value is -2.22. The van der Waals surface area contributed by atoms with Crippen molar-refractivity contribution >= 4 is 17.3 Å². The number of carbonyl (C=O) groups is 1. The number of hydrogen-bond acceptors (Lipinski definition) is 4. The molecule has 0 bridgehead atoms. The van der Waals surface area contributed by atoms with Crippen LogP contribution in [0.4, 0.5) is 11.4 Å². The number of amides is 1. The maximum Gasteiger partial charge on any atom is 0.242 e. The zero-order valence-electron chi connectivity index (χ0n) is 9.95. The Bertz CT molecular complexity index is 450. The van der Waals surface area contributed by atoms with E-state index in [-0.39, 0.29) is 5.91 Å². The molecular formula is C12H16N4O. The number of likely N-dealkylation sites (N-methyl/N-ethyl adjacent to an activating group) is 1. The predicted octanol–water partition coefficient (Wildman–Crippen LogP) is 1.08. The van der Waals surface area contributed by atoms with Gasteiger partial charge in [-0.1, -0.05) is 6.07 Å². The van der Waals surface area contributed by atoms with Crippen LogP contribution in [0.2, 0.25) is 0 Å². The van der Waals surface area contributed by atoms with E-state index in [0.717, 1.165) is 0 Å². The molecule has 5 nitrogen and oxygen atoms in total. The third kappa shape index (κ3) is 3.11. The number of nitrogens with two attached hydrogens (primary N) is 1. The van der Waals surface area contributed by atoms with Gasteiger partial charge in [-0.15, -0.1) is 0 Å². The number of nitrogens with one attached hydrogen (secondary N) is 2. The summed E-state index contributed by atoms with van der Waals surface area (Å²) in [6.45, 7) is 4.18. The van der Waals surface area contributed by atoms with Crippen LogP contribution in [0.5, 0.6) is 0 Å². The molecule has 1 aromatic rings. The molecular weight excluding hydrogens is 216 g/mol.